The minimum atomic E-state index is 0.227. The molecule has 0 aromatic carbocycles. The van der Waals surface area contributed by atoms with Gasteiger partial charge in [0.2, 0.25) is 0 Å². The Morgan fingerprint density at radius 2 is 2.50 bits per heavy atom. The van der Waals surface area contributed by atoms with Crippen LogP contribution in [-0.4, -0.2) is 29.8 Å². The Morgan fingerprint density at radius 3 is 3.07 bits per heavy atom. The molecule has 0 aliphatic heterocycles. The van der Waals surface area contributed by atoms with Crippen LogP contribution in [0.15, 0.2) is 16.8 Å². The number of thioether (sulfide) groups is 1. The fourth-order valence-electron chi connectivity index (χ4n) is 1.17. The van der Waals surface area contributed by atoms with E-state index in [2.05, 4.69) is 28.4 Å². The van der Waals surface area contributed by atoms with Crippen LogP contribution in [0.4, 0.5) is 0 Å². The highest BCUT2D eigenvalue weighted by molar-refractivity contribution is 7.98. The number of thiophene rings is 1. The summed E-state index contributed by atoms with van der Waals surface area (Å²) in [4.78, 5) is 0. The maximum atomic E-state index is 9.11. The lowest BCUT2D eigenvalue weighted by Crippen LogP contribution is -2.32. The summed E-state index contributed by atoms with van der Waals surface area (Å²) in [6, 6.07) is 2.35. The van der Waals surface area contributed by atoms with Gasteiger partial charge in [-0.1, -0.05) is 0 Å². The van der Waals surface area contributed by atoms with Gasteiger partial charge in [0.1, 0.15) is 0 Å². The first kappa shape index (κ1) is 12.0. The average Bonchev–Trinajstić information content (AvgIpc) is 2.71. The molecule has 80 valence electrons. The zero-order valence-corrected chi connectivity index (χ0v) is 10.0. The third-order valence-corrected chi connectivity index (χ3v) is 3.44. The highest BCUT2D eigenvalue weighted by Crippen LogP contribution is 2.06. The molecule has 14 heavy (non-hydrogen) atoms. The van der Waals surface area contributed by atoms with Crippen LogP contribution >= 0.6 is 23.1 Å². The van der Waals surface area contributed by atoms with E-state index in [1.807, 2.05) is 11.8 Å². The summed E-state index contributed by atoms with van der Waals surface area (Å²) in [7, 11) is 0. The Labute approximate surface area is 93.7 Å². The Balaban J connectivity index is 2.20. The molecule has 1 unspecified atom stereocenters. The highest BCUT2D eigenvalue weighted by atomic mass is 32.2. The first-order valence-corrected chi connectivity index (χ1v) is 7.04. The van der Waals surface area contributed by atoms with Gasteiger partial charge in [-0.3, -0.25) is 0 Å². The summed E-state index contributed by atoms with van der Waals surface area (Å²) in [5.41, 5.74) is 1.30. The summed E-state index contributed by atoms with van der Waals surface area (Å²) in [6.07, 6.45) is 3.12. The molecule has 1 aromatic heterocycles. The molecule has 0 spiro atoms. The van der Waals surface area contributed by atoms with E-state index in [0.29, 0.717) is 0 Å². The Kier molecular flexibility index (Phi) is 6.27. The largest absolute Gasteiger partial charge is 0.395 e. The zero-order chi connectivity index (χ0) is 10.2. The van der Waals surface area contributed by atoms with Crippen molar-refractivity contribution in [2.24, 2.45) is 0 Å². The molecule has 0 aliphatic rings. The fourth-order valence-corrected chi connectivity index (χ4v) is 2.36. The molecule has 2 N–H and O–H groups in total. The molecule has 0 amide bonds. The van der Waals surface area contributed by atoms with E-state index >= 15 is 0 Å². The summed E-state index contributed by atoms with van der Waals surface area (Å²) in [5.74, 6) is 1.10. The molecule has 0 radical (unpaired) electrons. The molecule has 1 rings (SSSR count). The fraction of sp³-hybridized carbons (Fsp3) is 0.600. The quantitative estimate of drug-likeness (QED) is 0.752. The van der Waals surface area contributed by atoms with E-state index in [4.69, 9.17) is 5.11 Å². The van der Waals surface area contributed by atoms with Gasteiger partial charge in [0.15, 0.2) is 0 Å². The second-order valence-corrected chi connectivity index (χ2v) is 4.94. The summed E-state index contributed by atoms with van der Waals surface area (Å²) in [6.45, 7) is 1.09. The van der Waals surface area contributed by atoms with Gasteiger partial charge in [-0.05, 0) is 40.8 Å². The van der Waals surface area contributed by atoms with Crippen LogP contribution in [0, 0.1) is 0 Å². The molecule has 1 heterocycles. The molecule has 1 atom stereocenters. The molecule has 0 bridgehead atoms. The maximum Gasteiger partial charge on any atom is 0.0585 e. The normalized spacial score (nSPS) is 13.0. The predicted octanol–water partition coefficient (Wildman–Crippen LogP) is 1.95. The van der Waals surface area contributed by atoms with E-state index in [9.17, 15) is 0 Å². The molecular formula is C10H17NOS2. The van der Waals surface area contributed by atoms with Crippen LogP contribution in [-0.2, 0) is 6.54 Å². The van der Waals surface area contributed by atoms with Crippen molar-refractivity contribution in [3.8, 4) is 0 Å². The van der Waals surface area contributed by atoms with Crippen molar-refractivity contribution in [1.82, 2.24) is 5.32 Å². The Hall–Kier alpha value is -0.0300. The predicted molar refractivity (Wildman–Crippen MR) is 65.0 cm³/mol. The van der Waals surface area contributed by atoms with Gasteiger partial charge in [-0.15, -0.1) is 0 Å². The van der Waals surface area contributed by atoms with Gasteiger partial charge < -0.3 is 10.4 Å². The van der Waals surface area contributed by atoms with Crippen LogP contribution in [0.1, 0.15) is 12.0 Å². The number of hydrogen-bond donors (Lipinski definition) is 2. The molecule has 2 nitrogen and oxygen atoms in total. The van der Waals surface area contributed by atoms with Crippen LogP contribution in [0.25, 0.3) is 0 Å². The van der Waals surface area contributed by atoms with Crippen molar-refractivity contribution in [3.63, 3.8) is 0 Å². The molecular weight excluding hydrogens is 214 g/mol. The van der Waals surface area contributed by atoms with Crippen molar-refractivity contribution in [2.45, 2.75) is 19.0 Å². The van der Waals surface area contributed by atoms with Gasteiger partial charge in [0, 0.05) is 12.6 Å². The van der Waals surface area contributed by atoms with Crippen molar-refractivity contribution in [3.05, 3.63) is 22.4 Å². The van der Waals surface area contributed by atoms with Crippen molar-refractivity contribution >= 4 is 23.1 Å². The smallest absolute Gasteiger partial charge is 0.0585 e. The number of nitrogens with one attached hydrogen (secondary N) is 1. The van der Waals surface area contributed by atoms with Gasteiger partial charge in [0.05, 0.1) is 6.61 Å². The topological polar surface area (TPSA) is 32.3 Å². The first-order chi connectivity index (χ1) is 6.86. The molecule has 0 fully saturated rings. The van der Waals surface area contributed by atoms with Crippen LogP contribution in [0.5, 0.6) is 0 Å². The Bertz CT molecular complexity index is 226. The SMILES string of the molecule is CSCCC(CO)NCc1ccsc1. The third kappa shape index (κ3) is 4.46. The first-order valence-electron chi connectivity index (χ1n) is 4.71. The lowest BCUT2D eigenvalue weighted by atomic mass is 10.2. The third-order valence-electron chi connectivity index (χ3n) is 2.07. The number of aliphatic hydroxyl groups is 1. The standard InChI is InChI=1S/C10H17NOS2/c1-13-4-3-10(7-12)11-6-9-2-5-14-8-9/h2,5,8,10-12H,3-4,6-7H2,1H3. The van der Waals surface area contributed by atoms with Crippen molar-refractivity contribution in [2.75, 3.05) is 18.6 Å². The van der Waals surface area contributed by atoms with Crippen molar-refractivity contribution in [1.29, 1.82) is 0 Å². The lowest BCUT2D eigenvalue weighted by molar-refractivity contribution is 0.239. The number of rotatable bonds is 7. The molecule has 1 aromatic rings. The highest BCUT2D eigenvalue weighted by Gasteiger charge is 2.05. The summed E-state index contributed by atoms with van der Waals surface area (Å²) < 4.78 is 0. The van der Waals surface area contributed by atoms with Crippen LogP contribution < -0.4 is 5.32 Å². The monoisotopic (exact) mass is 231 g/mol. The molecule has 4 heteroatoms. The molecule has 0 aliphatic carbocycles. The lowest BCUT2D eigenvalue weighted by Gasteiger charge is -2.14. The minimum absolute atomic E-state index is 0.227. The van der Waals surface area contributed by atoms with E-state index in [0.717, 1.165) is 18.7 Å². The Morgan fingerprint density at radius 1 is 1.64 bits per heavy atom. The van der Waals surface area contributed by atoms with Crippen molar-refractivity contribution < 1.29 is 5.11 Å². The second-order valence-electron chi connectivity index (χ2n) is 3.17. The van der Waals surface area contributed by atoms with Crippen LogP contribution in [0.3, 0.4) is 0 Å². The zero-order valence-electron chi connectivity index (χ0n) is 8.40. The maximum absolute atomic E-state index is 9.11. The summed E-state index contributed by atoms with van der Waals surface area (Å²) in [5, 5.41) is 16.7. The summed E-state index contributed by atoms with van der Waals surface area (Å²) >= 11 is 3.53. The van der Waals surface area contributed by atoms with Gasteiger partial charge in [-0.2, -0.15) is 23.1 Å². The van der Waals surface area contributed by atoms with Gasteiger partial charge >= 0.3 is 0 Å². The molecule has 0 saturated carbocycles. The minimum Gasteiger partial charge on any atom is -0.395 e. The van der Waals surface area contributed by atoms with E-state index < -0.39 is 0 Å². The van der Waals surface area contributed by atoms with E-state index in [-0.39, 0.29) is 12.6 Å². The van der Waals surface area contributed by atoms with E-state index in [1.165, 1.54) is 5.56 Å². The molecule has 0 saturated heterocycles. The van der Waals surface area contributed by atoms with Gasteiger partial charge in [-0.25, -0.2) is 0 Å². The average molecular weight is 231 g/mol. The van der Waals surface area contributed by atoms with Crippen LogP contribution in [0.2, 0.25) is 0 Å². The number of aliphatic hydroxyl groups excluding tert-OH is 1. The van der Waals surface area contributed by atoms with E-state index in [1.54, 1.807) is 11.3 Å². The van der Waals surface area contributed by atoms with Gasteiger partial charge in [0.25, 0.3) is 0 Å². The number of hydrogen-bond acceptors (Lipinski definition) is 4. The second kappa shape index (κ2) is 7.29.